The van der Waals surface area contributed by atoms with Gasteiger partial charge in [-0.15, -0.1) is 0 Å². The molecule has 5 nitrogen and oxygen atoms in total. The Morgan fingerprint density at radius 2 is 1.86 bits per heavy atom. The van der Waals surface area contributed by atoms with E-state index in [1.807, 2.05) is 18.2 Å². The molecule has 0 spiro atoms. The highest BCUT2D eigenvalue weighted by Gasteiger charge is 2.18. The van der Waals surface area contributed by atoms with Gasteiger partial charge in [-0.05, 0) is 23.8 Å². The Hall–Kier alpha value is -2.82. The first-order chi connectivity index (χ1) is 10.6. The zero-order valence-electron chi connectivity index (χ0n) is 12.2. The van der Waals surface area contributed by atoms with Crippen molar-refractivity contribution in [1.29, 1.82) is 0 Å². The molecule has 1 atom stereocenters. The molecule has 0 aromatic heterocycles. The van der Waals surface area contributed by atoms with Gasteiger partial charge >= 0.3 is 5.97 Å². The smallest absolute Gasteiger partial charge is 0.305 e. The number of carbonyl (C=O) groups excluding carboxylic acids is 1. The predicted molar refractivity (Wildman–Crippen MR) is 81.9 cm³/mol. The topological polar surface area (TPSA) is 75.6 Å². The van der Waals surface area contributed by atoms with Gasteiger partial charge in [0.2, 0.25) is 0 Å². The number of ether oxygens (including phenoxy) is 1. The molecule has 0 radical (unpaired) electrons. The van der Waals surface area contributed by atoms with Gasteiger partial charge in [-0.3, -0.25) is 9.59 Å². The Balaban J connectivity index is 2.19. The van der Waals surface area contributed by atoms with Crippen LogP contribution >= 0.6 is 0 Å². The molecule has 2 N–H and O–H groups in total. The van der Waals surface area contributed by atoms with Crippen LogP contribution in [-0.2, 0) is 4.79 Å². The minimum Gasteiger partial charge on any atom is -0.497 e. The molecule has 0 bridgehead atoms. The fourth-order valence-electron chi connectivity index (χ4n) is 2.12. The first-order valence-corrected chi connectivity index (χ1v) is 6.82. The number of nitrogens with one attached hydrogen (secondary N) is 1. The minimum absolute atomic E-state index is 0.181. The normalized spacial score (nSPS) is 11.5. The monoisotopic (exact) mass is 299 g/mol. The Morgan fingerprint density at radius 1 is 1.14 bits per heavy atom. The predicted octanol–water partition coefficient (Wildman–Crippen LogP) is 2.64. The molecule has 0 unspecified atom stereocenters. The number of carbonyl (C=O) groups is 2. The van der Waals surface area contributed by atoms with E-state index in [1.165, 1.54) is 7.11 Å². The summed E-state index contributed by atoms with van der Waals surface area (Å²) < 4.78 is 5.09. The quantitative estimate of drug-likeness (QED) is 0.859. The molecular weight excluding hydrogens is 282 g/mol. The van der Waals surface area contributed by atoms with Crippen molar-refractivity contribution >= 4 is 11.9 Å². The Labute approximate surface area is 128 Å². The third-order valence-electron chi connectivity index (χ3n) is 3.22. The van der Waals surface area contributed by atoms with Crippen molar-refractivity contribution < 1.29 is 19.4 Å². The minimum atomic E-state index is -0.972. The van der Waals surface area contributed by atoms with Crippen molar-refractivity contribution in [3.63, 3.8) is 0 Å². The lowest BCUT2D eigenvalue weighted by molar-refractivity contribution is -0.137. The van der Waals surface area contributed by atoms with E-state index in [0.29, 0.717) is 11.3 Å². The van der Waals surface area contributed by atoms with E-state index >= 15 is 0 Å². The molecule has 0 saturated heterocycles. The van der Waals surface area contributed by atoms with E-state index < -0.39 is 12.0 Å². The van der Waals surface area contributed by atoms with Crippen LogP contribution in [0, 0.1) is 0 Å². The second-order valence-corrected chi connectivity index (χ2v) is 4.77. The summed E-state index contributed by atoms with van der Waals surface area (Å²) in [6, 6.07) is 15.2. The number of benzene rings is 2. The van der Waals surface area contributed by atoms with Gasteiger partial charge in [-0.2, -0.15) is 0 Å². The summed E-state index contributed by atoms with van der Waals surface area (Å²) in [6.07, 6.45) is -0.181. The van der Waals surface area contributed by atoms with Crippen molar-refractivity contribution in [2.75, 3.05) is 7.11 Å². The second-order valence-electron chi connectivity index (χ2n) is 4.77. The zero-order valence-corrected chi connectivity index (χ0v) is 12.2. The molecule has 0 saturated carbocycles. The van der Waals surface area contributed by atoms with Gasteiger partial charge in [0, 0.05) is 5.56 Å². The number of hydrogen-bond acceptors (Lipinski definition) is 3. The van der Waals surface area contributed by atoms with Crippen molar-refractivity contribution in [3.05, 3.63) is 65.7 Å². The number of methoxy groups -OCH3 is 1. The number of rotatable bonds is 6. The maximum absolute atomic E-state index is 12.3. The first kappa shape index (κ1) is 15.6. The van der Waals surface area contributed by atoms with Crippen molar-refractivity contribution in [2.24, 2.45) is 0 Å². The third-order valence-corrected chi connectivity index (χ3v) is 3.22. The summed E-state index contributed by atoms with van der Waals surface area (Å²) in [7, 11) is 1.52. The van der Waals surface area contributed by atoms with Gasteiger partial charge in [0.05, 0.1) is 19.6 Å². The van der Waals surface area contributed by atoms with Crippen LogP contribution < -0.4 is 10.1 Å². The summed E-state index contributed by atoms with van der Waals surface area (Å²) >= 11 is 0. The van der Waals surface area contributed by atoms with Crippen LogP contribution in [0.2, 0.25) is 0 Å². The van der Waals surface area contributed by atoms with Gasteiger partial charge < -0.3 is 15.2 Å². The molecule has 0 heterocycles. The molecule has 0 aliphatic carbocycles. The Morgan fingerprint density at radius 3 is 2.50 bits per heavy atom. The van der Waals surface area contributed by atoms with Gasteiger partial charge in [0.25, 0.3) is 5.91 Å². The summed E-state index contributed by atoms with van der Waals surface area (Å²) in [5.74, 6) is -0.740. The molecule has 2 rings (SSSR count). The number of carboxylic acid groups (broad SMARTS) is 1. The van der Waals surface area contributed by atoms with Gasteiger partial charge in [-0.25, -0.2) is 0 Å². The summed E-state index contributed by atoms with van der Waals surface area (Å²) in [4.78, 5) is 23.3. The van der Waals surface area contributed by atoms with Crippen LogP contribution in [0.3, 0.4) is 0 Å². The fourth-order valence-corrected chi connectivity index (χ4v) is 2.12. The number of aliphatic carboxylic acids is 1. The van der Waals surface area contributed by atoms with E-state index in [9.17, 15) is 9.59 Å². The molecule has 2 aromatic rings. The van der Waals surface area contributed by atoms with Crippen molar-refractivity contribution in [3.8, 4) is 5.75 Å². The summed E-state index contributed by atoms with van der Waals surface area (Å²) in [5.41, 5.74) is 1.17. The van der Waals surface area contributed by atoms with Crippen LogP contribution in [-0.4, -0.2) is 24.1 Å². The van der Waals surface area contributed by atoms with E-state index in [-0.39, 0.29) is 12.3 Å². The fraction of sp³-hybridized carbons (Fsp3) is 0.176. The third kappa shape index (κ3) is 4.09. The second kappa shape index (κ2) is 7.26. The van der Waals surface area contributed by atoms with Crippen LogP contribution in [0.5, 0.6) is 5.75 Å². The van der Waals surface area contributed by atoms with Gasteiger partial charge in [0.15, 0.2) is 0 Å². The molecule has 1 amide bonds. The molecule has 114 valence electrons. The van der Waals surface area contributed by atoms with E-state index in [4.69, 9.17) is 9.84 Å². The van der Waals surface area contributed by atoms with Gasteiger partial charge in [0.1, 0.15) is 5.75 Å². The van der Waals surface area contributed by atoms with Crippen LogP contribution in [0.4, 0.5) is 0 Å². The standard InChI is InChI=1S/C17H17NO4/c1-22-14-9-5-8-13(10-14)17(21)18-15(11-16(19)20)12-6-3-2-4-7-12/h2-10,15H,11H2,1H3,(H,18,21)(H,19,20)/t15-/m1/s1. The molecule has 5 heteroatoms. The zero-order chi connectivity index (χ0) is 15.9. The molecular formula is C17H17NO4. The SMILES string of the molecule is COc1cccc(C(=O)N[C@H](CC(=O)O)c2ccccc2)c1. The van der Waals surface area contributed by atoms with Crippen LogP contribution in [0.25, 0.3) is 0 Å². The van der Waals surface area contributed by atoms with Gasteiger partial charge in [-0.1, -0.05) is 36.4 Å². The number of carboxylic acids is 1. The largest absolute Gasteiger partial charge is 0.497 e. The summed E-state index contributed by atoms with van der Waals surface area (Å²) in [6.45, 7) is 0. The first-order valence-electron chi connectivity index (χ1n) is 6.82. The maximum atomic E-state index is 12.3. The summed E-state index contributed by atoms with van der Waals surface area (Å²) in [5, 5.41) is 11.8. The average molecular weight is 299 g/mol. The number of amides is 1. The Kier molecular flexibility index (Phi) is 5.14. The maximum Gasteiger partial charge on any atom is 0.305 e. The average Bonchev–Trinajstić information content (AvgIpc) is 2.54. The van der Waals surface area contributed by atoms with Crippen LogP contribution in [0.15, 0.2) is 54.6 Å². The van der Waals surface area contributed by atoms with Crippen LogP contribution in [0.1, 0.15) is 28.4 Å². The lowest BCUT2D eigenvalue weighted by Crippen LogP contribution is -2.30. The molecule has 0 aliphatic rings. The highest BCUT2D eigenvalue weighted by molar-refractivity contribution is 5.95. The van der Waals surface area contributed by atoms with Crippen molar-refractivity contribution in [1.82, 2.24) is 5.32 Å². The molecule has 22 heavy (non-hydrogen) atoms. The van der Waals surface area contributed by atoms with E-state index in [0.717, 1.165) is 5.56 Å². The molecule has 2 aromatic carbocycles. The highest BCUT2D eigenvalue weighted by Crippen LogP contribution is 2.18. The lowest BCUT2D eigenvalue weighted by Gasteiger charge is -2.17. The van der Waals surface area contributed by atoms with E-state index in [2.05, 4.69) is 5.32 Å². The number of hydrogen-bond donors (Lipinski definition) is 2. The lowest BCUT2D eigenvalue weighted by atomic mass is 10.0. The highest BCUT2D eigenvalue weighted by atomic mass is 16.5. The Bertz CT molecular complexity index is 655. The molecule has 0 aliphatic heterocycles. The molecule has 0 fully saturated rings. The van der Waals surface area contributed by atoms with Crippen molar-refractivity contribution in [2.45, 2.75) is 12.5 Å². The van der Waals surface area contributed by atoms with E-state index in [1.54, 1.807) is 36.4 Å².